The SMILES string of the molecule is CCOC(c1ccc(NC(C)=O)cc1)C(F)(F)F. The van der Waals surface area contributed by atoms with Crippen molar-refractivity contribution in [3.8, 4) is 0 Å². The monoisotopic (exact) mass is 261 g/mol. The van der Waals surface area contributed by atoms with Crippen LogP contribution in [0, 0.1) is 0 Å². The topological polar surface area (TPSA) is 38.3 Å². The lowest BCUT2D eigenvalue weighted by molar-refractivity contribution is -0.222. The van der Waals surface area contributed by atoms with Crippen molar-refractivity contribution < 1.29 is 22.7 Å². The molecule has 100 valence electrons. The Morgan fingerprint density at radius 3 is 2.28 bits per heavy atom. The van der Waals surface area contributed by atoms with Gasteiger partial charge in [0, 0.05) is 19.2 Å². The van der Waals surface area contributed by atoms with Crippen molar-refractivity contribution in [2.45, 2.75) is 26.1 Å². The molecule has 1 rings (SSSR count). The van der Waals surface area contributed by atoms with Crippen molar-refractivity contribution in [3.05, 3.63) is 29.8 Å². The van der Waals surface area contributed by atoms with Crippen LogP contribution in [0.4, 0.5) is 18.9 Å². The van der Waals surface area contributed by atoms with E-state index in [1.807, 2.05) is 0 Å². The van der Waals surface area contributed by atoms with Crippen LogP contribution in [0.1, 0.15) is 25.5 Å². The van der Waals surface area contributed by atoms with Gasteiger partial charge in [0.1, 0.15) is 0 Å². The van der Waals surface area contributed by atoms with E-state index >= 15 is 0 Å². The highest BCUT2D eigenvalue weighted by molar-refractivity contribution is 5.88. The maximum absolute atomic E-state index is 12.7. The maximum atomic E-state index is 12.7. The number of hydrogen-bond donors (Lipinski definition) is 1. The molecule has 0 aromatic heterocycles. The molecule has 0 radical (unpaired) electrons. The lowest BCUT2D eigenvalue weighted by Crippen LogP contribution is -2.23. The van der Waals surface area contributed by atoms with E-state index < -0.39 is 12.3 Å². The Morgan fingerprint density at radius 2 is 1.89 bits per heavy atom. The van der Waals surface area contributed by atoms with Gasteiger partial charge in [-0.05, 0) is 24.6 Å². The molecule has 0 heterocycles. The minimum Gasteiger partial charge on any atom is -0.364 e. The lowest BCUT2D eigenvalue weighted by Gasteiger charge is -2.20. The van der Waals surface area contributed by atoms with Gasteiger partial charge in [0.2, 0.25) is 5.91 Å². The van der Waals surface area contributed by atoms with E-state index in [4.69, 9.17) is 4.74 Å². The predicted octanol–water partition coefficient (Wildman–Crippen LogP) is 3.28. The first-order valence-electron chi connectivity index (χ1n) is 5.40. The summed E-state index contributed by atoms with van der Waals surface area (Å²) in [5, 5.41) is 2.48. The van der Waals surface area contributed by atoms with Gasteiger partial charge in [-0.1, -0.05) is 12.1 Å². The molecule has 1 N–H and O–H groups in total. The molecule has 0 fully saturated rings. The van der Waals surface area contributed by atoms with Crippen LogP contribution in [0.3, 0.4) is 0 Å². The third-order valence-electron chi connectivity index (χ3n) is 2.16. The van der Waals surface area contributed by atoms with Crippen LogP contribution >= 0.6 is 0 Å². The molecular formula is C12H14F3NO2. The van der Waals surface area contributed by atoms with Crippen molar-refractivity contribution in [2.75, 3.05) is 11.9 Å². The highest BCUT2D eigenvalue weighted by Crippen LogP contribution is 2.36. The summed E-state index contributed by atoms with van der Waals surface area (Å²) in [5.41, 5.74) is 0.460. The third kappa shape index (κ3) is 4.03. The zero-order valence-electron chi connectivity index (χ0n) is 10.0. The second-order valence-corrected chi connectivity index (χ2v) is 3.68. The van der Waals surface area contributed by atoms with Crippen LogP contribution in [-0.2, 0) is 9.53 Å². The second-order valence-electron chi connectivity index (χ2n) is 3.68. The molecule has 0 spiro atoms. The molecular weight excluding hydrogens is 247 g/mol. The van der Waals surface area contributed by atoms with E-state index in [0.717, 1.165) is 0 Å². The summed E-state index contributed by atoms with van der Waals surface area (Å²) in [7, 11) is 0. The molecule has 0 saturated carbocycles. The highest BCUT2D eigenvalue weighted by atomic mass is 19.4. The van der Waals surface area contributed by atoms with Crippen molar-refractivity contribution in [1.29, 1.82) is 0 Å². The van der Waals surface area contributed by atoms with Crippen LogP contribution in [0.25, 0.3) is 0 Å². The highest BCUT2D eigenvalue weighted by Gasteiger charge is 2.41. The van der Waals surface area contributed by atoms with E-state index in [-0.39, 0.29) is 18.1 Å². The van der Waals surface area contributed by atoms with Crippen LogP contribution in [0.15, 0.2) is 24.3 Å². The summed E-state index contributed by atoms with van der Waals surface area (Å²) in [6, 6.07) is 5.40. The quantitative estimate of drug-likeness (QED) is 0.903. The van der Waals surface area contributed by atoms with Crippen LogP contribution < -0.4 is 5.32 Å². The number of carbonyl (C=O) groups excluding carboxylic acids is 1. The first-order chi connectivity index (χ1) is 8.34. The molecule has 0 aliphatic carbocycles. The first kappa shape index (κ1) is 14.5. The maximum Gasteiger partial charge on any atom is 0.418 e. The van der Waals surface area contributed by atoms with Gasteiger partial charge in [-0.3, -0.25) is 4.79 Å². The number of hydrogen-bond acceptors (Lipinski definition) is 2. The molecule has 18 heavy (non-hydrogen) atoms. The number of benzene rings is 1. The fourth-order valence-electron chi connectivity index (χ4n) is 1.49. The number of nitrogens with one attached hydrogen (secondary N) is 1. The summed E-state index contributed by atoms with van der Waals surface area (Å²) in [4.78, 5) is 10.8. The zero-order chi connectivity index (χ0) is 13.8. The van der Waals surface area contributed by atoms with E-state index in [1.54, 1.807) is 0 Å². The number of amides is 1. The Balaban J connectivity index is 2.90. The molecule has 1 aromatic rings. The molecule has 6 heteroatoms. The number of ether oxygens (including phenoxy) is 1. The molecule has 1 unspecified atom stereocenters. The smallest absolute Gasteiger partial charge is 0.364 e. The average molecular weight is 261 g/mol. The van der Waals surface area contributed by atoms with E-state index in [2.05, 4.69) is 5.32 Å². The zero-order valence-corrected chi connectivity index (χ0v) is 10.0. The Kier molecular flexibility index (Phi) is 4.72. The third-order valence-corrected chi connectivity index (χ3v) is 2.16. The van der Waals surface area contributed by atoms with Gasteiger partial charge < -0.3 is 10.1 Å². The standard InChI is InChI=1S/C12H14F3NO2/c1-3-18-11(12(13,14)15)9-4-6-10(7-5-9)16-8(2)17/h4-7,11H,3H2,1-2H3,(H,16,17). The van der Waals surface area contributed by atoms with Crippen molar-refractivity contribution in [1.82, 2.24) is 0 Å². The lowest BCUT2D eigenvalue weighted by atomic mass is 10.1. The fourth-order valence-corrected chi connectivity index (χ4v) is 1.49. The van der Waals surface area contributed by atoms with Crippen LogP contribution in [0.2, 0.25) is 0 Å². The molecule has 1 amide bonds. The van der Waals surface area contributed by atoms with Gasteiger partial charge in [0.25, 0.3) is 0 Å². The molecule has 0 bridgehead atoms. The van der Waals surface area contributed by atoms with E-state index in [9.17, 15) is 18.0 Å². The van der Waals surface area contributed by atoms with Crippen molar-refractivity contribution >= 4 is 11.6 Å². The van der Waals surface area contributed by atoms with Gasteiger partial charge >= 0.3 is 6.18 Å². The number of anilines is 1. The van der Waals surface area contributed by atoms with Crippen molar-refractivity contribution in [2.24, 2.45) is 0 Å². The molecule has 3 nitrogen and oxygen atoms in total. The number of rotatable bonds is 4. The van der Waals surface area contributed by atoms with E-state index in [0.29, 0.717) is 5.69 Å². The molecule has 0 saturated heterocycles. The number of alkyl halides is 3. The van der Waals surface area contributed by atoms with Crippen molar-refractivity contribution in [3.63, 3.8) is 0 Å². The summed E-state index contributed by atoms with van der Waals surface area (Å²) >= 11 is 0. The number of halogens is 3. The van der Waals surface area contributed by atoms with Gasteiger partial charge in [-0.15, -0.1) is 0 Å². The van der Waals surface area contributed by atoms with Crippen LogP contribution in [0.5, 0.6) is 0 Å². The Hall–Kier alpha value is -1.56. The predicted molar refractivity (Wildman–Crippen MR) is 61.2 cm³/mol. The molecule has 1 aromatic carbocycles. The average Bonchev–Trinajstić information content (AvgIpc) is 2.25. The molecule has 0 aliphatic rings. The summed E-state index contributed by atoms with van der Waals surface area (Å²) in [5.74, 6) is -0.278. The minimum absolute atomic E-state index is 0.0125. The first-order valence-corrected chi connectivity index (χ1v) is 5.40. The minimum atomic E-state index is -4.45. The fraction of sp³-hybridized carbons (Fsp3) is 0.417. The Morgan fingerprint density at radius 1 is 1.33 bits per heavy atom. The normalized spacial score (nSPS) is 13.2. The van der Waals surface area contributed by atoms with E-state index in [1.165, 1.54) is 38.1 Å². The summed E-state index contributed by atoms with van der Waals surface area (Å²) in [6.45, 7) is 2.80. The van der Waals surface area contributed by atoms with Gasteiger partial charge in [-0.2, -0.15) is 13.2 Å². The number of carbonyl (C=O) groups is 1. The largest absolute Gasteiger partial charge is 0.418 e. The van der Waals surface area contributed by atoms with Gasteiger partial charge in [-0.25, -0.2) is 0 Å². The summed E-state index contributed by atoms with van der Waals surface area (Å²) < 4.78 is 42.8. The Bertz CT molecular complexity index is 401. The second kappa shape index (κ2) is 5.86. The Labute approximate surface area is 103 Å². The molecule has 1 atom stereocenters. The van der Waals surface area contributed by atoms with Gasteiger partial charge in [0.05, 0.1) is 0 Å². The molecule has 0 aliphatic heterocycles. The van der Waals surface area contributed by atoms with Gasteiger partial charge in [0.15, 0.2) is 6.10 Å². The summed E-state index contributed by atoms with van der Waals surface area (Å²) in [6.07, 6.45) is -6.39. The van der Waals surface area contributed by atoms with Crippen LogP contribution in [-0.4, -0.2) is 18.7 Å².